The highest BCUT2D eigenvalue weighted by atomic mass is 16.2. The molecule has 1 aromatic carbocycles. The van der Waals surface area contributed by atoms with Crippen LogP contribution in [0.1, 0.15) is 67.1 Å². The van der Waals surface area contributed by atoms with Crippen molar-refractivity contribution >= 4 is 11.7 Å². The third-order valence-electron chi connectivity index (χ3n) is 6.69. The minimum atomic E-state index is 0.156. The highest BCUT2D eigenvalue weighted by Gasteiger charge is 2.28. The fourth-order valence-electron chi connectivity index (χ4n) is 4.61. The minimum Gasteiger partial charge on any atom is -0.303 e. The lowest BCUT2D eigenvalue weighted by atomic mass is 9.93. The van der Waals surface area contributed by atoms with Gasteiger partial charge >= 0.3 is 0 Å². The molecule has 0 aliphatic carbocycles. The van der Waals surface area contributed by atoms with Crippen LogP contribution in [0.2, 0.25) is 0 Å². The van der Waals surface area contributed by atoms with E-state index in [0.717, 1.165) is 61.8 Å². The number of nitrogens with zero attached hydrogens (tertiary/aromatic N) is 4. The van der Waals surface area contributed by atoms with Crippen LogP contribution in [0.5, 0.6) is 0 Å². The van der Waals surface area contributed by atoms with Gasteiger partial charge in [0, 0.05) is 30.6 Å². The maximum Gasteiger partial charge on any atom is 0.228 e. The molecule has 1 saturated heterocycles. The number of rotatable bonds is 5. The van der Waals surface area contributed by atoms with Crippen LogP contribution < -0.4 is 4.90 Å². The molecule has 0 saturated carbocycles. The second kappa shape index (κ2) is 8.62. The number of benzene rings is 1. The first-order valence-electron chi connectivity index (χ1n) is 10.9. The maximum absolute atomic E-state index is 12.1. The summed E-state index contributed by atoms with van der Waals surface area (Å²) in [6.45, 7) is 7.72. The summed E-state index contributed by atoms with van der Waals surface area (Å²) >= 11 is 0. The van der Waals surface area contributed by atoms with E-state index >= 15 is 0 Å². The molecule has 3 heterocycles. The lowest BCUT2D eigenvalue weighted by Crippen LogP contribution is -2.36. The molecular weight excluding hydrogens is 360 g/mol. The number of amides is 1. The van der Waals surface area contributed by atoms with Crippen LogP contribution in [0, 0.1) is 6.92 Å². The quantitative estimate of drug-likeness (QED) is 0.770. The number of fused-ring (bicyclic) bond motifs is 1. The predicted molar refractivity (Wildman–Crippen MR) is 116 cm³/mol. The predicted octanol–water partition coefficient (Wildman–Crippen LogP) is 4.07. The first-order valence-corrected chi connectivity index (χ1v) is 10.9. The van der Waals surface area contributed by atoms with Gasteiger partial charge in [-0.2, -0.15) is 0 Å². The van der Waals surface area contributed by atoms with Crippen molar-refractivity contribution in [1.82, 2.24) is 14.9 Å². The van der Waals surface area contributed by atoms with E-state index in [1.54, 1.807) is 4.90 Å². The van der Waals surface area contributed by atoms with Gasteiger partial charge in [-0.05, 0) is 63.7 Å². The van der Waals surface area contributed by atoms with Crippen LogP contribution in [-0.4, -0.2) is 47.5 Å². The van der Waals surface area contributed by atoms with E-state index in [1.165, 1.54) is 12.0 Å². The van der Waals surface area contributed by atoms with E-state index in [2.05, 4.69) is 49.1 Å². The van der Waals surface area contributed by atoms with Gasteiger partial charge in [-0.1, -0.05) is 37.3 Å². The highest BCUT2D eigenvalue weighted by molar-refractivity contribution is 5.94. The number of carbonyl (C=O) groups is 1. The first kappa shape index (κ1) is 20.0. The molecule has 29 heavy (non-hydrogen) atoms. The van der Waals surface area contributed by atoms with Crippen LogP contribution in [0.15, 0.2) is 30.3 Å². The zero-order valence-corrected chi connectivity index (χ0v) is 17.9. The van der Waals surface area contributed by atoms with E-state index in [4.69, 9.17) is 9.97 Å². The van der Waals surface area contributed by atoms with Crippen molar-refractivity contribution in [2.24, 2.45) is 0 Å². The average Bonchev–Trinajstić information content (AvgIpc) is 2.75. The number of aromatic nitrogens is 2. The van der Waals surface area contributed by atoms with Gasteiger partial charge in [0.05, 0.1) is 0 Å². The van der Waals surface area contributed by atoms with Crippen molar-refractivity contribution in [3.8, 4) is 0 Å². The number of piperidine rings is 1. The Labute approximate surface area is 174 Å². The van der Waals surface area contributed by atoms with Gasteiger partial charge < -0.3 is 4.90 Å². The molecule has 5 heteroatoms. The van der Waals surface area contributed by atoms with Crippen LogP contribution in [0.4, 0.5) is 5.82 Å². The zero-order chi connectivity index (χ0) is 20.4. The molecule has 2 aliphatic rings. The van der Waals surface area contributed by atoms with E-state index in [1.807, 2.05) is 7.05 Å². The molecule has 1 amide bonds. The van der Waals surface area contributed by atoms with Gasteiger partial charge in [0.1, 0.15) is 11.6 Å². The van der Waals surface area contributed by atoms with Crippen molar-refractivity contribution < 1.29 is 4.79 Å². The van der Waals surface area contributed by atoms with Crippen LogP contribution in [0.3, 0.4) is 0 Å². The normalized spacial score (nSPS) is 19.3. The summed E-state index contributed by atoms with van der Waals surface area (Å²) in [7, 11) is 1.84. The standard InChI is InChI=1S/C24H32N4O/c1-17(19-7-5-4-6-8-19)11-14-28-15-12-20(13-16-28)23-25-18(2)21-9-10-22(29)27(3)24(21)26-23/h4-8,17,20H,9-16H2,1-3H3/t17-/m0/s1. The molecule has 1 aromatic heterocycles. The second-order valence-electron chi connectivity index (χ2n) is 8.64. The molecular formula is C24H32N4O. The smallest absolute Gasteiger partial charge is 0.228 e. The number of anilines is 1. The Kier molecular flexibility index (Phi) is 5.95. The Morgan fingerprint density at radius 1 is 1.10 bits per heavy atom. The molecule has 0 spiro atoms. The molecule has 2 aliphatic heterocycles. The van der Waals surface area contributed by atoms with Gasteiger partial charge in [0.25, 0.3) is 0 Å². The molecule has 2 aromatic rings. The summed E-state index contributed by atoms with van der Waals surface area (Å²) in [5.41, 5.74) is 3.62. The van der Waals surface area contributed by atoms with Crippen molar-refractivity contribution in [2.45, 2.75) is 57.8 Å². The van der Waals surface area contributed by atoms with Gasteiger partial charge in [-0.3, -0.25) is 9.69 Å². The highest BCUT2D eigenvalue weighted by Crippen LogP contribution is 2.32. The van der Waals surface area contributed by atoms with E-state index < -0.39 is 0 Å². The summed E-state index contributed by atoms with van der Waals surface area (Å²) in [6, 6.07) is 10.8. The minimum absolute atomic E-state index is 0.156. The number of carbonyl (C=O) groups excluding carboxylic acids is 1. The molecule has 5 nitrogen and oxygen atoms in total. The fourth-order valence-corrected chi connectivity index (χ4v) is 4.61. The summed E-state index contributed by atoms with van der Waals surface area (Å²) in [5, 5.41) is 0. The van der Waals surface area contributed by atoms with Gasteiger partial charge in [0.2, 0.25) is 5.91 Å². The Morgan fingerprint density at radius 3 is 2.55 bits per heavy atom. The molecule has 154 valence electrons. The lowest BCUT2D eigenvalue weighted by molar-refractivity contribution is -0.118. The Balaban J connectivity index is 1.35. The van der Waals surface area contributed by atoms with Crippen LogP contribution in [-0.2, 0) is 11.2 Å². The molecule has 1 atom stereocenters. The van der Waals surface area contributed by atoms with Crippen molar-refractivity contribution in [1.29, 1.82) is 0 Å². The number of likely N-dealkylation sites (tertiary alicyclic amines) is 1. The number of hydrogen-bond acceptors (Lipinski definition) is 4. The van der Waals surface area contributed by atoms with E-state index in [9.17, 15) is 4.79 Å². The largest absolute Gasteiger partial charge is 0.303 e. The molecule has 0 N–H and O–H groups in total. The third-order valence-corrected chi connectivity index (χ3v) is 6.69. The topological polar surface area (TPSA) is 49.3 Å². The molecule has 0 radical (unpaired) electrons. The zero-order valence-electron chi connectivity index (χ0n) is 17.9. The summed E-state index contributed by atoms with van der Waals surface area (Å²) < 4.78 is 0. The molecule has 0 unspecified atom stereocenters. The van der Waals surface area contributed by atoms with Gasteiger partial charge in [-0.15, -0.1) is 0 Å². The monoisotopic (exact) mass is 392 g/mol. The first-order chi connectivity index (χ1) is 14.0. The van der Waals surface area contributed by atoms with Gasteiger partial charge in [-0.25, -0.2) is 9.97 Å². The Morgan fingerprint density at radius 2 is 1.83 bits per heavy atom. The second-order valence-corrected chi connectivity index (χ2v) is 8.64. The van der Waals surface area contributed by atoms with Crippen LogP contribution >= 0.6 is 0 Å². The number of aryl methyl sites for hydroxylation is 1. The van der Waals surface area contributed by atoms with E-state index in [-0.39, 0.29) is 5.91 Å². The fraction of sp³-hybridized carbons (Fsp3) is 0.542. The SMILES string of the molecule is Cc1nc(C2CCN(CC[C@H](C)c3ccccc3)CC2)nc2c1CCC(=O)N2C. The van der Waals surface area contributed by atoms with Crippen LogP contribution in [0.25, 0.3) is 0 Å². The maximum atomic E-state index is 12.1. The molecule has 4 rings (SSSR count). The van der Waals surface area contributed by atoms with Crippen molar-refractivity contribution in [3.05, 3.63) is 53.0 Å². The van der Waals surface area contributed by atoms with E-state index in [0.29, 0.717) is 18.3 Å². The Hall–Kier alpha value is -2.27. The molecule has 1 fully saturated rings. The third kappa shape index (κ3) is 4.35. The van der Waals surface area contributed by atoms with Crippen molar-refractivity contribution in [2.75, 3.05) is 31.6 Å². The summed E-state index contributed by atoms with van der Waals surface area (Å²) in [4.78, 5) is 26.1. The van der Waals surface area contributed by atoms with Crippen molar-refractivity contribution in [3.63, 3.8) is 0 Å². The van der Waals surface area contributed by atoms with Gasteiger partial charge in [0.15, 0.2) is 0 Å². The molecule has 0 bridgehead atoms. The summed E-state index contributed by atoms with van der Waals surface area (Å²) in [6.07, 6.45) is 4.71. The Bertz CT molecular complexity index is 859. The average molecular weight is 393 g/mol. The number of hydrogen-bond donors (Lipinski definition) is 0. The summed E-state index contributed by atoms with van der Waals surface area (Å²) in [5.74, 6) is 2.91. The lowest BCUT2D eigenvalue weighted by Gasteiger charge is -2.33.